The molecule has 3 N–H and O–H groups in total. The van der Waals surface area contributed by atoms with Gasteiger partial charge in [-0.1, -0.05) is 54.6 Å². The van der Waals surface area contributed by atoms with Gasteiger partial charge in [-0.2, -0.15) is 0 Å². The van der Waals surface area contributed by atoms with Gasteiger partial charge in [-0.25, -0.2) is 0 Å². The molecule has 0 fully saturated rings. The lowest BCUT2D eigenvalue weighted by atomic mass is 10.1. The molecule has 5 heteroatoms. The molecule has 0 unspecified atom stereocenters. The number of hydrogen-bond donors (Lipinski definition) is 2. The van der Waals surface area contributed by atoms with E-state index >= 15 is 0 Å². The van der Waals surface area contributed by atoms with E-state index in [2.05, 4.69) is 29.6 Å². The average molecular weight is 376 g/mol. The molecule has 28 heavy (non-hydrogen) atoms. The summed E-state index contributed by atoms with van der Waals surface area (Å²) in [5.41, 5.74) is 7.58. The fourth-order valence-electron chi connectivity index (χ4n) is 2.94. The molecule has 0 aromatic heterocycles. The smallest absolute Gasteiger partial charge is 0.224 e. The number of fused-ring (bicyclic) bond motifs is 1. The number of amides is 1. The Kier molecular flexibility index (Phi) is 6.40. The van der Waals surface area contributed by atoms with Crippen LogP contribution >= 0.6 is 0 Å². The van der Waals surface area contributed by atoms with Crippen LogP contribution in [0.3, 0.4) is 0 Å². The minimum atomic E-state index is -0.667. The largest absolute Gasteiger partial charge is 0.489 e. The number of nitrogens with one attached hydrogen (secondary N) is 1. The van der Waals surface area contributed by atoms with Crippen molar-refractivity contribution in [2.45, 2.75) is 26.0 Å². The van der Waals surface area contributed by atoms with Crippen LogP contribution in [0.4, 0.5) is 0 Å². The van der Waals surface area contributed by atoms with Crippen LogP contribution in [-0.4, -0.2) is 24.3 Å². The number of carbonyl (C=O) groups is 2. The van der Waals surface area contributed by atoms with Crippen LogP contribution in [0.25, 0.3) is 10.8 Å². The third-order valence-electron chi connectivity index (χ3n) is 4.58. The predicted molar refractivity (Wildman–Crippen MR) is 110 cm³/mol. The normalized spacial score (nSPS) is 11.8. The van der Waals surface area contributed by atoms with E-state index in [4.69, 9.17) is 10.5 Å². The monoisotopic (exact) mass is 376 g/mol. The van der Waals surface area contributed by atoms with E-state index in [1.165, 1.54) is 17.7 Å². The van der Waals surface area contributed by atoms with Crippen molar-refractivity contribution >= 4 is 22.5 Å². The second-order valence-corrected chi connectivity index (χ2v) is 6.77. The van der Waals surface area contributed by atoms with E-state index in [9.17, 15) is 9.59 Å². The van der Waals surface area contributed by atoms with E-state index in [0.717, 1.165) is 11.1 Å². The van der Waals surface area contributed by atoms with E-state index in [-0.39, 0.29) is 24.7 Å². The summed E-state index contributed by atoms with van der Waals surface area (Å²) in [6, 6.07) is 21.1. The first-order valence-electron chi connectivity index (χ1n) is 9.24. The lowest BCUT2D eigenvalue weighted by molar-refractivity contribution is -0.121. The molecule has 144 valence electrons. The van der Waals surface area contributed by atoms with Crippen LogP contribution in [0.5, 0.6) is 5.75 Å². The van der Waals surface area contributed by atoms with Crippen LogP contribution in [0.15, 0.2) is 66.7 Å². The number of hydrogen-bond acceptors (Lipinski definition) is 4. The number of rotatable bonds is 8. The molecular formula is C23H24N2O3. The minimum absolute atomic E-state index is 0.144. The highest BCUT2D eigenvalue weighted by Gasteiger charge is 2.10. The highest BCUT2D eigenvalue weighted by molar-refractivity contribution is 5.85. The van der Waals surface area contributed by atoms with E-state index in [1.807, 2.05) is 42.5 Å². The Hall–Kier alpha value is -3.18. The van der Waals surface area contributed by atoms with Crippen molar-refractivity contribution in [1.29, 1.82) is 0 Å². The first-order chi connectivity index (χ1) is 13.5. The molecule has 0 spiro atoms. The summed E-state index contributed by atoms with van der Waals surface area (Å²) in [5, 5.41) is 5.03. The van der Waals surface area contributed by atoms with E-state index in [0.29, 0.717) is 12.4 Å². The highest BCUT2D eigenvalue weighted by Crippen LogP contribution is 2.21. The summed E-state index contributed by atoms with van der Waals surface area (Å²) in [7, 11) is 0. The molecule has 1 amide bonds. The zero-order valence-electron chi connectivity index (χ0n) is 15.9. The number of carbonyl (C=O) groups excluding carboxylic acids is 2. The molecular weight excluding hydrogens is 352 g/mol. The summed E-state index contributed by atoms with van der Waals surface area (Å²) < 4.78 is 5.96. The Morgan fingerprint density at radius 3 is 2.61 bits per heavy atom. The van der Waals surface area contributed by atoms with Crippen molar-refractivity contribution in [1.82, 2.24) is 5.32 Å². The van der Waals surface area contributed by atoms with E-state index in [1.54, 1.807) is 0 Å². The Morgan fingerprint density at radius 2 is 1.79 bits per heavy atom. The van der Waals surface area contributed by atoms with Gasteiger partial charge >= 0.3 is 0 Å². The van der Waals surface area contributed by atoms with Gasteiger partial charge < -0.3 is 15.8 Å². The molecule has 0 saturated carbocycles. The molecule has 1 atom stereocenters. The number of Topliss-reactive ketones (excluding diaryl/α,β-unsaturated/α-hetero) is 1. The molecule has 3 aromatic carbocycles. The maximum Gasteiger partial charge on any atom is 0.224 e. The lowest BCUT2D eigenvalue weighted by Crippen LogP contribution is -2.41. The maximum atomic E-state index is 12.1. The first kappa shape index (κ1) is 19.6. The van der Waals surface area contributed by atoms with Gasteiger partial charge in [0, 0.05) is 6.54 Å². The Morgan fingerprint density at radius 1 is 1.04 bits per heavy atom. The van der Waals surface area contributed by atoms with Crippen molar-refractivity contribution in [3.05, 3.63) is 77.9 Å². The second kappa shape index (κ2) is 9.15. The molecule has 0 aliphatic carbocycles. The molecule has 0 aliphatic rings. The number of nitrogens with two attached hydrogens (primary N) is 1. The second-order valence-electron chi connectivity index (χ2n) is 6.77. The van der Waals surface area contributed by atoms with Crippen molar-refractivity contribution in [2.24, 2.45) is 5.73 Å². The summed E-state index contributed by atoms with van der Waals surface area (Å²) in [6.45, 7) is 2.00. The predicted octanol–water partition coefficient (Wildman–Crippen LogP) is 2.99. The van der Waals surface area contributed by atoms with Gasteiger partial charge in [0.15, 0.2) is 0 Å². The van der Waals surface area contributed by atoms with Crippen LogP contribution in [0.2, 0.25) is 0 Å². The molecule has 0 bridgehead atoms. The maximum absolute atomic E-state index is 12.1. The van der Waals surface area contributed by atoms with Gasteiger partial charge in [-0.05, 0) is 41.0 Å². The van der Waals surface area contributed by atoms with Gasteiger partial charge in [0.25, 0.3) is 0 Å². The van der Waals surface area contributed by atoms with Crippen molar-refractivity contribution in [3.8, 4) is 5.75 Å². The third kappa shape index (κ3) is 5.18. The summed E-state index contributed by atoms with van der Waals surface area (Å²) in [5.74, 6) is 0.380. The Bertz CT molecular complexity index is 979. The van der Waals surface area contributed by atoms with Crippen molar-refractivity contribution in [3.63, 3.8) is 0 Å². The van der Waals surface area contributed by atoms with Gasteiger partial charge in [0.05, 0.1) is 12.5 Å². The molecule has 0 heterocycles. The van der Waals surface area contributed by atoms with Crippen molar-refractivity contribution < 1.29 is 14.3 Å². The summed E-state index contributed by atoms with van der Waals surface area (Å²) >= 11 is 0. The van der Waals surface area contributed by atoms with Gasteiger partial charge in [0.2, 0.25) is 5.91 Å². The zero-order valence-corrected chi connectivity index (χ0v) is 15.9. The van der Waals surface area contributed by atoms with Crippen LogP contribution in [-0.2, 0) is 22.6 Å². The third-order valence-corrected chi connectivity index (χ3v) is 4.58. The fourth-order valence-corrected chi connectivity index (χ4v) is 2.94. The fraction of sp³-hybridized carbons (Fsp3) is 0.217. The topological polar surface area (TPSA) is 81.4 Å². The van der Waals surface area contributed by atoms with Crippen LogP contribution in [0.1, 0.15) is 18.1 Å². The molecule has 0 saturated heterocycles. The summed E-state index contributed by atoms with van der Waals surface area (Å²) in [4.78, 5) is 23.2. The van der Waals surface area contributed by atoms with Crippen LogP contribution < -0.4 is 15.8 Å². The lowest BCUT2D eigenvalue weighted by Gasteiger charge is -2.11. The van der Waals surface area contributed by atoms with Crippen LogP contribution in [0, 0.1) is 0 Å². The molecule has 0 aliphatic heterocycles. The molecule has 0 radical (unpaired) electrons. The quantitative estimate of drug-likeness (QED) is 0.633. The van der Waals surface area contributed by atoms with Gasteiger partial charge in [-0.15, -0.1) is 0 Å². The first-order valence-corrected chi connectivity index (χ1v) is 9.24. The molecule has 5 nitrogen and oxygen atoms in total. The van der Waals surface area contributed by atoms with E-state index < -0.39 is 6.04 Å². The number of ketones is 1. The Balaban J connectivity index is 1.60. The molecule has 3 aromatic rings. The van der Waals surface area contributed by atoms with Crippen molar-refractivity contribution in [2.75, 3.05) is 6.54 Å². The highest BCUT2D eigenvalue weighted by atomic mass is 16.5. The number of benzene rings is 3. The van der Waals surface area contributed by atoms with Gasteiger partial charge in [-0.3, -0.25) is 9.59 Å². The Labute approximate surface area is 164 Å². The average Bonchev–Trinajstić information content (AvgIpc) is 2.70. The van der Waals surface area contributed by atoms with Gasteiger partial charge in [0.1, 0.15) is 18.1 Å². The number of ether oxygens (including phenoxy) is 1. The minimum Gasteiger partial charge on any atom is -0.489 e. The molecule has 3 rings (SSSR count). The standard InChI is InChI=1S/C23H24N2O3/c1-16(26)22(24)14-25-23(27)13-17-6-4-10-20(12-17)28-15-19-9-5-8-18-7-2-3-11-21(18)19/h2-12,22H,13-15,24H2,1H3,(H,25,27)/t22-/m0/s1. The zero-order chi connectivity index (χ0) is 19.9. The SMILES string of the molecule is CC(=O)[C@@H](N)CNC(=O)Cc1cccc(OCc2cccc3ccccc23)c1. The summed E-state index contributed by atoms with van der Waals surface area (Å²) in [6.07, 6.45) is 0.204.